The van der Waals surface area contributed by atoms with E-state index in [1.165, 1.54) is 25.3 Å². The van der Waals surface area contributed by atoms with Crippen LogP contribution in [0.1, 0.15) is 5.56 Å². The van der Waals surface area contributed by atoms with Gasteiger partial charge in [0, 0.05) is 10.2 Å². The molecule has 0 aliphatic rings. The molecule has 0 unspecified atom stereocenters. The lowest BCUT2D eigenvalue weighted by atomic mass is 10.2. The standard InChI is InChI=1S/C16H15BrN2O5/c1-10-7-11(3-5-13(10)17)18-16(20)9-24-15-6-4-12(23-2)8-14(15)19(21)22/h3-8H,9H2,1-2H3,(H,18,20). The van der Waals surface area contributed by atoms with E-state index in [-0.39, 0.29) is 18.0 Å². The first kappa shape index (κ1) is 17.7. The molecule has 8 heteroatoms. The predicted octanol–water partition coefficient (Wildman–Crippen LogP) is 3.69. The summed E-state index contributed by atoms with van der Waals surface area (Å²) in [7, 11) is 1.41. The van der Waals surface area contributed by atoms with Crippen LogP contribution in [0, 0.1) is 17.0 Å². The molecule has 0 saturated carbocycles. The van der Waals surface area contributed by atoms with Gasteiger partial charge >= 0.3 is 5.69 Å². The van der Waals surface area contributed by atoms with Gasteiger partial charge in [0.15, 0.2) is 12.4 Å². The number of methoxy groups -OCH3 is 1. The summed E-state index contributed by atoms with van der Waals surface area (Å²) < 4.78 is 11.1. The lowest BCUT2D eigenvalue weighted by Crippen LogP contribution is -2.20. The normalized spacial score (nSPS) is 10.1. The van der Waals surface area contributed by atoms with Gasteiger partial charge in [-0.15, -0.1) is 0 Å². The van der Waals surface area contributed by atoms with Gasteiger partial charge in [0.25, 0.3) is 5.91 Å². The Morgan fingerprint density at radius 1 is 1.29 bits per heavy atom. The molecular formula is C16H15BrN2O5. The molecule has 1 N–H and O–H groups in total. The second-order valence-corrected chi connectivity index (χ2v) is 5.75. The number of rotatable bonds is 6. The largest absolute Gasteiger partial charge is 0.496 e. The minimum absolute atomic E-state index is 0.00272. The number of amides is 1. The molecule has 0 aliphatic heterocycles. The van der Waals surface area contributed by atoms with Crippen LogP contribution in [0.2, 0.25) is 0 Å². The molecule has 0 bridgehead atoms. The van der Waals surface area contributed by atoms with E-state index in [4.69, 9.17) is 9.47 Å². The van der Waals surface area contributed by atoms with E-state index in [0.717, 1.165) is 10.0 Å². The molecule has 24 heavy (non-hydrogen) atoms. The molecule has 7 nitrogen and oxygen atoms in total. The molecule has 0 spiro atoms. The number of carbonyl (C=O) groups excluding carboxylic acids is 1. The Morgan fingerprint density at radius 3 is 2.67 bits per heavy atom. The Morgan fingerprint density at radius 2 is 2.04 bits per heavy atom. The minimum atomic E-state index is -0.589. The van der Waals surface area contributed by atoms with E-state index in [1.54, 1.807) is 12.1 Å². The van der Waals surface area contributed by atoms with Crippen molar-refractivity contribution in [1.29, 1.82) is 0 Å². The van der Waals surface area contributed by atoms with Crippen molar-refractivity contribution >= 4 is 33.2 Å². The number of nitrogens with zero attached hydrogens (tertiary/aromatic N) is 1. The smallest absolute Gasteiger partial charge is 0.314 e. The summed E-state index contributed by atoms with van der Waals surface area (Å²) in [6.45, 7) is 1.55. The van der Waals surface area contributed by atoms with E-state index in [9.17, 15) is 14.9 Å². The van der Waals surface area contributed by atoms with Gasteiger partial charge in [-0.05, 0) is 42.8 Å². The minimum Gasteiger partial charge on any atom is -0.496 e. The number of nitro groups is 1. The molecule has 2 aromatic rings. The van der Waals surface area contributed by atoms with Crippen molar-refractivity contribution in [2.24, 2.45) is 0 Å². The predicted molar refractivity (Wildman–Crippen MR) is 92.7 cm³/mol. The van der Waals surface area contributed by atoms with Crippen LogP contribution in [0.15, 0.2) is 40.9 Å². The van der Waals surface area contributed by atoms with Crippen LogP contribution in [-0.4, -0.2) is 24.5 Å². The van der Waals surface area contributed by atoms with Crippen LogP contribution in [0.3, 0.4) is 0 Å². The fraction of sp³-hybridized carbons (Fsp3) is 0.188. The van der Waals surface area contributed by atoms with Gasteiger partial charge in [0.1, 0.15) is 5.75 Å². The van der Waals surface area contributed by atoms with E-state index < -0.39 is 10.8 Å². The van der Waals surface area contributed by atoms with Crippen LogP contribution in [0.25, 0.3) is 0 Å². The number of halogens is 1. The fourth-order valence-electron chi connectivity index (χ4n) is 1.95. The molecule has 0 heterocycles. The maximum absolute atomic E-state index is 11.9. The lowest BCUT2D eigenvalue weighted by molar-refractivity contribution is -0.385. The number of hydrogen-bond acceptors (Lipinski definition) is 5. The first-order chi connectivity index (χ1) is 11.4. The highest BCUT2D eigenvalue weighted by Gasteiger charge is 2.17. The average Bonchev–Trinajstić information content (AvgIpc) is 2.56. The van der Waals surface area contributed by atoms with Crippen molar-refractivity contribution in [3.8, 4) is 11.5 Å². The molecule has 2 aromatic carbocycles. The van der Waals surface area contributed by atoms with E-state index in [1.807, 2.05) is 13.0 Å². The first-order valence-electron chi connectivity index (χ1n) is 6.92. The number of anilines is 1. The van der Waals surface area contributed by atoms with Crippen molar-refractivity contribution in [2.75, 3.05) is 19.0 Å². The highest BCUT2D eigenvalue weighted by Crippen LogP contribution is 2.31. The molecule has 0 fully saturated rings. The van der Waals surface area contributed by atoms with Crippen LogP contribution in [-0.2, 0) is 4.79 Å². The third kappa shape index (κ3) is 4.45. The Kier molecular flexibility index (Phi) is 5.75. The van der Waals surface area contributed by atoms with Crippen molar-refractivity contribution in [2.45, 2.75) is 6.92 Å². The number of benzene rings is 2. The summed E-state index contributed by atoms with van der Waals surface area (Å²) in [5.74, 6) is -0.0754. The highest BCUT2D eigenvalue weighted by atomic mass is 79.9. The zero-order chi connectivity index (χ0) is 17.7. The number of ether oxygens (including phenoxy) is 2. The van der Waals surface area contributed by atoms with Gasteiger partial charge in [0.2, 0.25) is 0 Å². The first-order valence-corrected chi connectivity index (χ1v) is 7.71. The highest BCUT2D eigenvalue weighted by molar-refractivity contribution is 9.10. The van der Waals surface area contributed by atoms with Crippen LogP contribution < -0.4 is 14.8 Å². The van der Waals surface area contributed by atoms with Gasteiger partial charge in [-0.25, -0.2) is 0 Å². The molecule has 0 saturated heterocycles. The molecular weight excluding hydrogens is 380 g/mol. The van der Waals surface area contributed by atoms with Crippen molar-refractivity contribution in [1.82, 2.24) is 0 Å². The fourth-order valence-corrected chi connectivity index (χ4v) is 2.20. The van der Waals surface area contributed by atoms with Crippen LogP contribution in [0.5, 0.6) is 11.5 Å². The van der Waals surface area contributed by atoms with E-state index >= 15 is 0 Å². The number of carbonyl (C=O) groups is 1. The second kappa shape index (κ2) is 7.78. The molecule has 0 atom stereocenters. The summed E-state index contributed by atoms with van der Waals surface area (Å²) in [4.78, 5) is 22.4. The van der Waals surface area contributed by atoms with Crippen molar-refractivity contribution < 1.29 is 19.2 Å². The lowest BCUT2D eigenvalue weighted by Gasteiger charge is -2.09. The van der Waals surface area contributed by atoms with E-state index in [0.29, 0.717) is 11.4 Å². The number of hydrogen-bond donors (Lipinski definition) is 1. The SMILES string of the molecule is COc1ccc(OCC(=O)Nc2ccc(Br)c(C)c2)c([N+](=O)[O-])c1. The number of nitro benzene ring substituents is 1. The zero-order valence-electron chi connectivity index (χ0n) is 13.0. The monoisotopic (exact) mass is 394 g/mol. The summed E-state index contributed by atoms with van der Waals surface area (Å²) in [5.41, 5.74) is 1.33. The summed E-state index contributed by atoms with van der Waals surface area (Å²) in [6.07, 6.45) is 0. The second-order valence-electron chi connectivity index (χ2n) is 4.89. The van der Waals surface area contributed by atoms with Crippen LogP contribution >= 0.6 is 15.9 Å². The third-order valence-corrected chi connectivity index (χ3v) is 4.05. The van der Waals surface area contributed by atoms with Crippen molar-refractivity contribution in [3.05, 3.63) is 56.5 Å². The van der Waals surface area contributed by atoms with Gasteiger partial charge in [-0.3, -0.25) is 14.9 Å². The van der Waals surface area contributed by atoms with Crippen LogP contribution in [0.4, 0.5) is 11.4 Å². The number of nitrogens with one attached hydrogen (secondary N) is 1. The van der Waals surface area contributed by atoms with Crippen molar-refractivity contribution in [3.63, 3.8) is 0 Å². The van der Waals surface area contributed by atoms with E-state index in [2.05, 4.69) is 21.2 Å². The van der Waals surface area contributed by atoms with Gasteiger partial charge in [-0.1, -0.05) is 15.9 Å². The molecule has 2 rings (SSSR count). The average molecular weight is 395 g/mol. The summed E-state index contributed by atoms with van der Waals surface area (Å²) in [6, 6.07) is 9.53. The zero-order valence-corrected chi connectivity index (χ0v) is 14.6. The Hall–Kier alpha value is -2.61. The molecule has 0 aliphatic carbocycles. The van der Waals surface area contributed by atoms with Gasteiger partial charge in [-0.2, -0.15) is 0 Å². The Balaban J connectivity index is 2.03. The van der Waals surface area contributed by atoms with Gasteiger partial charge in [0.05, 0.1) is 18.1 Å². The summed E-state index contributed by atoms with van der Waals surface area (Å²) >= 11 is 3.38. The molecule has 0 radical (unpaired) electrons. The Bertz CT molecular complexity index is 779. The maximum atomic E-state index is 11.9. The molecule has 0 aromatic heterocycles. The molecule has 1 amide bonds. The number of aryl methyl sites for hydroxylation is 1. The molecule has 126 valence electrons. The van der Waals surface area contributed by atoms with Gasteiger partial charge < -0.3 is 14.8 Å². The quantitative estimate of drug-likeness (QED) is 0.595. The topological polar surface area (TPSA) is 90.7 Å². The third-order valence-electron chi connectivity index (χ3n) is 3.16. The Labute approximate surface area is 146 Å². The maximum Gasteiger partial charge on any atom is 0.314 e. The summed E-state index contributed by atoms with van der Waals surface area (Å²) in [5, 5.41) is 13.7.